The first-order valence-electron chi connectivity index (χ1n) is 8.62. The van der Waals surface area contributed by atoms with Gasteiger partial charge in [-0.1, -0.05) is 29.3 Å². The van der Waals surface area contributed by atoms with Crippen LogP contribution >= 0.6 is 23.2 Å². The van der Waals surface area contributed by atoms with E-state index in [1.165, 1.54) is 17.9 Å². The Bertz CT molecular complexity index is 1320. The van der Waals surface area contributed by atoms with Gasteiger partial charge < -0.3 is 9.15 Å². The van der Waals surface area contributed by atoms with Gasteiger partial charge in [-0.15, -0.1) is 0 Å². The van der Waals surface area contributed by atoms with Crippen molar-refractivity contribution in [2.24, 2.45) is 14.1 Å². The number of rotatable bonds is 5. The lowest BCUT2D eigenvalue weighted by Crippen LogP contribution is -2.37. The van der Waals surface area contributed by atoms with Crippen LogP contribution in [0.25, 0.3) is 11.2 Å². The number of aromatic nitrogens is 4. The molecule has 3 aromatic heterocycles. The minimum absolute atomic E-state index is 0.117. The molecule has 0 amide bonds. The van der Waals surface area contributed by atoms with Crippen molar-refractivity contribution in [3.63, 3.8) is 0 Å². The predicted molar refractivity (Wildman–Crippen MR) is 109 cm³/mol. The lowest BCUT2D eigenvalue weighted by molar-refractivity contribution is 0.242. The fourth-order valence-corrected chi connectivity index (χ4v) is 3.36. The van der Waals surface area contributed by atoms with Gasteiger partial charge in [0.25, 0.3) is 11.6 Å². The monoisotopic (exact) mass is 434 g/mol. The fraction of sp³-hybridized carbons (Fsp3) is 0.211. The first-order chi connectivity index (χ1) is 13.9. The SMILES string of the molecule is Cn1c(=O)c2c(nc(OCc3ccco3)n2Cc2ccc(Cl)c(Cl)c2)n(C)c1=O. The average Bonchev–Trinajstić information content (AvgIpc) is 3.34. The molecule has 0 saturated carbocycles. The lowest BCUT2D eigenvalue weighted by atomic mass is 10.2. The summed E-state index contributed by atoms with van der Waals surface area (Å²) in [6.07, 6.45) is 1.54. The van der Waals surface area contributed by atoms with Crippen LogP contribution < -0.4 is 16.0 Å². The van der Waals surface area contributed by atoms with Crippen molar-refractivity contribution in [3.8, 4) is 6.01 Å². The van der Waals surface area contributed by atoms with Crippen LogP contribution in [-0.2, 0) is 27.2 Å². The largest absolute Gasteiger partial charge is 0.466 e. The number of hydrogen-bond donors (Lipinski definition) is 0. The van der Waals surface area contributed by atoms with Crippen molar-refractivity contribution in [1.82, 2.24) is 18.7 Å². The molecule has 3 heterocycles. The second kappa shape index (κ2) is 7.46. The standard InChI is InChI=1S/C19H16Cl2N4O4/c1-23-16-15(17(26)24(2)19(23)27)25(9-11-5-6-13(20)14(21)8-11)18(22-16)29-10-12-4-3-7-28-12/h3-8H,9-10H2,1-2H3. The highest BCUT2D eigenvalue weighted by molar-refractivity contribution is 6.42. The van der Waals surface area contributed by atoms with Gasteiger partial charge in [0, 0.05) is 14.1 Å². The molecule has 4 rings (SSSR count). The summed E-state index contributed by atoms with van der Waals surface area (Å²) < 4.78 is 15.1. The molecule has 0 aliphatic carbocycles. The minimum Gasteiger partial charge on any atom is -0.466 e. The Hall–Kier alpha value is -2.97. The Morgan fingerprint density at radius 2 is 1.90 bits per heavy atom. The van der Waals surface area contributed by atoms with Crippen molar-refractivity contribution in [2.75, 3.05) is 0 Å². The van der Waals surface area contributed by atoms with Crippen molar-refractivity contribution < 1.29 is 9.15 Å². The van der Waals surface area contributed by atoms with E-state index in [0.29, 0.717) is 15.8 Å². The van der Waals surface area contributed by atoms with E-state index in [0.717, 1.165) is 10.1 Å². The summed E-state index contributed by atoms with van der Waals surface area (Å²) in [4.78, 5) is 29.5. The molecular formula is C19H16Cl2N4O4. The molecular weight excluding hydrogens is 419 g/mol. The van der Waals surface area contributed by atoms with E-state index >= 15 is 0 Å². The predicted octanol–water partition coefficient (Wildman–Crippen LogP) is 2.96. The van der Waals surface area contributed by atoms with E-state index in [2.05, 4.69) is 4.98 Å². The van der Waals surface area contributed by atoms with Crippen LogP contribution in [-0.4, -0.2) is 18.7 Å². The van der Waals surface area contributed by atoms with E-state index in [1.807, 2.05) is 0 Å². The van der Waals surface area contributed by atoms with Crippen LogP contribution in [0.2, 0.25) is 10.0 Å². The Morgan fingerprint density at radius 3 is 2.59 bits per heavy atom. The molecule has 8 nitrogen and oxygen atoms in total. The van der Waals surface area contributed by atoms with Crippen LogP contribution in [0.3, 0.4) is 0 Å². The zero-order valence-electron chi connectivity index (χ0n) is 15.6. The quantitative estimate of drug-likeness (QED) is 0.481. The third-order valence-electron chi connectivity index (χ3n) is 4.56. The smallest absolute Gasteiger partial charge is 0.332 e. The van der Waals surface area contributed by atoms with Crippen LogP contribution in [0, 0.1) is 0 Å². The number of aryl methyl sites for hydroxylation is 1. The third kappa shape index (κ3) is 3.45. The normalized spacial score (nSPS) is 11.3. The summed E-state index contributed by atoms with van der Waals surface area (Å²) in [7, 11) is 2.97. The molecule has 0 radical (unpaired) electrons. The zero-order valence-corrected chi connectivity index (χ0v) is 17.1. The first kappa shape index (κ1) is 19.4. The Morgan fingerprint density at radius 1 is 1.10 bits per heavy atom. The van der Waals surface area contributed by atoms with Gasteiger partial charge in [-0.2, -0.15) is 4.98 Å². The van der Waals surface area contributed by atoms with Crippen LogP contribution in [0.4, 0.5) is 0 Å². The molecule has 29 heavy (non-hydrogen) atoms. The summed E-state index contributed by atoms with van der Waals surface area (Å²) in [5.74, 6) is 0.597. The molecule has 0 aliphatic heterocycles. The van der Waals surface area contributed by atoms with Crippen LogP contribution in [0.5, 0.6) is 6.01 Å². The maximum atomic E-state index is 12.8. The van der Waals surface area contributed by atoms with Gasteiger partial charge in [-0.3, -0.25) is 18.5 Å². The summed E-state index contributed by atoms with van der Waals surface area (Å²) in [6, 6.07) is 8.87. The highest BCUT2D eigenvalue weighted by atomic mass is 35.5. The number of fused-ring (bicyclic) bond motifs is 1. The number of furan rings is 1. The van der Waals surface area contributed by atoms with E-state index in [-0.39, 0.29) is 30.3 Å². The molecule has 0 bridgehead atoms. The third-order valence-corrected chi connectivity index (χ3v) is 5.30. The van der Waals surface area contributed by atoms with Gasteiger partial charge >= 0.3 is 5.69 Å². The molecule has 0 fully saturated rings. The lowest BCUT2D eigenvalue weighted by Gasteiger charge is -2.10. The molecule has 4 aromatic rings. The van der Waals surface area contributed by atoms with E-state index in [1.54, 1.807) is 41.9 Å². The molecule has 0 saturated heterocycles. The topological polar surface area (TPSA) is 84.2 Å². The number of nitrogens with zero attached hydrogens (tertiary/aromatic N) is 4. The second-order valence-corrected chi connectivity index (χ2v) is 7.29. The molecule has 1 aromatic carbocycles. The summed E-state index contributed by atoms with van der Waals surface area (Å²) in [5.41, 5.74) is 0.322. The van der Waals surface area contributed by atoms with E-state index in [4.69, 9.17) is 32.4 Å². The highest BCUT2D eigenvalue weighted by Gasteiger charge is 2.21. The van der Waals surface area contributed by atoms with Crippen LogP contribution in [0.1, 0.15) is 11.3 Å². The van der Waals surface area contributed by atoms with Crippen molar-refractivity contribution >= 4 is 34.4 Å². The van der Waals surface area contributed by atoms with Crippen molar-refractivity contribution in [3.05, 3.63) is 78.8 Å². The van der Waals surface area contributed by atoms with E-state index in [9.17, 15) is 9.59 Å². The average molecular weight is 435 g/mol. The Labute approximate surface area is 174 Å². The summed E-state index contributed by atoms with van der Waals surface area (Å²) >= 11 is 12.1. The second-order valence-electron chi connectivity index (χ2n) is 6.47. The van der Waals surface area contributed by atoms with Gasteiger partial charge in [0.2, 0.25) is 0 Å². The molecule has 150 valence electrons. The molecule has 10 heteroatoms. The first-order valence-corrected chi connectivity index (χ1v) is 9.37. The van der Waals surface area contributed by atoms with Crippen molar-refractivity contribution in [1.29, 1.82) is 0 Å². The molecule has 0 aliphatic rings. The number of ether oxygens (including phenoxy) is 1. The zero-order chi connectivity index (χ0) is 20.7. The number of halogens is 2. The Kier molecular flexibility index (Phi) is 4.97. The van der Waals surface area contributed by atoms with E-state index < -0.39 is 11.2 Å². The van der Waals surface area contributed by atoms with Gasteiger partial charge in [-0.25, -0.2) is 4.79 Å². The number of imidazole rings is 1. The van der Waals surface area contributed by atoms with Gasteiger partial charge in [0.15, 0.2) is 11.2 Å². The fourth-order valence-electron chi connectivity index (χ4n) is 3.03. The molecule has 0 N–H and O–H groups in total. The molecule has 0 spiro atoms. The maximum Gasteiger partial charge on any atom is 0.332 e. The summed E-state index contributed by atoms with van der Waals surface area (Å²) in [5, 5.41) is 0.824. The minimum atomic E-state index is -0.473. The molecule has 0 atom stereocenters. The van der Waals surface area contributed by atoms with Crippen LogP contribution in [0.15, 0.2) is 50.6 Å². The Balaban J connectivity index is 1.88. The van der Waals surface area contributed by atoms with Gasteiger partial charge in [0.1, 0.15) is 12.4 Å². The summed E-state index contributed by atoms with van der Waals surface area (Å²) in [6.45, 7) is 0.361. The van der Waals surface area contributed by atoms with Crippen molar-refractivity contribution in [2.45, 2.75) is 13.2 Å². The van der Waals surface area contributed by atoms with Gasteiger partial charge in [0.05, 0.1) is 22.9 Å². The molecule has 0 unspecified atom stereocenters. The number of benzene rings is 1. The highest BCUT2D eigenvalue weighted by Crippen LogP contribution is 2.25. The maximum absolute atomic E-state index is 12.8. The number of hydrogen-bond acceptors (Lipinski definition) is 5. The van der Waals surface area contributed by atoms with Gasteiger partial charge in [-0.05, 0) is 29.8 Å².